The fraction of sp³-hybridized carbons (Fsp3) is 0.714. The van der Waals surface area contributed by atoms with Gasteiger partial charge in [-0.2, -0.15) is 0 Å². The normalized spacial score (nSPS) is 11.0. The van der Waals surface area contributed by atoms with Crippen molar-refractivity contribution in [3.05, 3.63) is 0 Å². The summed E-state index contributed by atoms with van der Waals surface area (Å²) in [6.07, 6.45) is -0.957. The predicted octanol–water partition coefficient (Wildman–Crippen LogP) is 0.845. The first-order chi connectivity index (χ1) is 5.56. The minimum Gasteiger partial charge on any atom is -0.434 e. The van der Waals surface area contributed by atoms with Crippen molar-refractivity contribution < 1.29 is 19.1 Å². The van der Waals surface area contributed by atoms with Gasteiger partial charge in [0, 0.05) is 6.04 Å². The van der Waals surface area contributed by atoms with Gasteiger partial charge in [-0.3, -0.25) is 4.79 Å². The van der Waals surface area contributed by atoms with E-state index in [9.17, 15) is 9.59 Å². The number of halogens is 1. The Morgan fingerprint density at radius 1 is 1.46 bits per heavy atom. The molecule has 0 rings (SSSR count). The van der Waals surface area contributed by atoms with Crippen LogP contribution in [0.2, 0.25) is 0 Å². The topological polar surface area (TPSA) is 78.6 Å². The fourth-order valence-electron chi connectivity index (χ4n) is 0.545. The molecule has 78 valence electrons. The summed E-state index contributed by atoms with van der Waals surface area (Å²) >= 11 is 0. The zero-order chi connectivity index (χ0) is 9.56. The van der Waals surface area contributed by atoms with Crippen LogP contribution < -0.4 is 5.73 Å². The number of rotatable bonds is 3. The van der Waals surface area contributed by atoms with Crippen LogP contribution in [-0.2, 0) is 14.3 Å². The van der Waals surface area contributed by atoms with Crippen molar-refractivity contribution in [1.82, 2.24) is 0 Å². The molecule has 2 N–H and O–H groups in total. The van der Waals surface area contributed by atoms with E-state index in [-0.39, 0.29) is 31.5 Å². The summed E-state index contributed by atoms with van der Waals surface area (Å²) in [7, 11) is 0. The average molecular weight is 212 g/mol. The van der Waals surface area contributed by atoms with Gasteiger partial charge < -0.3 is 15.2 Å². The summed E-state index contributed by atoms with van der Waals surface area (Å²) in [6, 6.07) is -0.313. The second-order valence-corrected chi connectivity index (χ2v) is 2.34. The lowest BCUT2D eigenvalue weighted by Crippen LogP contribution is -2.23. The summed E-state index contributed by atoms with van der Waals surface area (Å²) in [5, 5.41) is 0. The van der Waals surface area contributed by atoms with E-state index in [4.69, 9.17) is 5.73 Å². The Hall–Kier alpha value is -0.810. The van der Waals surface area contributed by atoms with Gasteiger partial charge in [-0.15, -0.1) is 12.4 Å². The highest BCUT2D eigenvalue weighted by Crippen LogP contribution is 1.93. The largest absolute Gasteiger partial charge is 0.516 e. The van der Waals surface area contributed by atoms with E-state index in [1.807, 2.05) is 0 Å². The van der Waals surface area contributed by atoms with Crippen LogP contribution in [0.4, 0.5) is 4.79 Å². The zero-order valence-electron chi connectivity index (χ0n) is 7.61. The molecule has 0 saturated carbocycles. The highest BCUT2D eigenvalue weighted by molar-refractivity contribution is 5.85. The molecule has 0 bridgehead atoms. The molecule has 0 aliphatic carbocycles. The molecule has 0 aromatic rings. The first kappa shape index (κ1) is 14.7. The summed E-state index contributed by atoms with van der Waals surface area (Å²) < 4.78 is 8.59. The van der Waals surface area contributed by atoms with E-state index in [0.29, 0.717) is 0 Å². The minimum absolute atomic E-state index is 0. The molecule has 0 spiro atoms. The molecule has 0 aromatic carbocycles. The molecule has 0 heterocycles. The molecule has 0 radical (unpaired) electrons. The van der Waals surface area contributed by atoms with Gasteiger partial charge in [0.1, 0.15) is 0 Å². The van der Waals surface area contributed by atoms with Gasteiger partial charge in [0.15, 0.2) is 0 Å². The van der Waals surface area contributed by atoms with Gasteiger partial charge in [-0.1, -0.05) is 0 Å². The molecule has 1 atom stereocenters. The quantitative estimate of drug-likeness (QED) is 0.553. The molecule has 1 unspecified atom stereocenters. The van der Waals surface area contributed by atoms with E-state index >= 15 is 0 Å². The Labute approximate surface area is 83.0 Å². The number of esters is 1. The van der Waals surface area contributed by atoms with Crippen LogP contribution in [-0.4, -0.2) is 24.8 Å². The lowest BCUT2D eigenvalue weighted by Gasteiger charge is -2.04. The van der Waals surface area contributed by atoms with E-state index in [1.165, 1.54) is 0 Å². The maximum atomic E-state index is 10.7. The highest BCUT2D eigenvalue weighted by atomic mass is 35.5. The summed E-state index contributed by atoms with van der Waals surface area (Å²) in [5.41, 5.74) is 5.29. The molecule has 0 aliphatic heterocycles. The first-order valence-corrected chi connectivity index (χ1v) is 3.69. The lowest BCUT2D eigenvalue weighted by atomic mass is 10.3. The molecule has 0 fully saturated rings. The molecule has 0 aliphatic rings. The van der Waals surface area contributed by atoms with E-state index in [2.05, 4.69) is 9.47 Å². The molecule has 0 aromatic heterocycles. The van der Waals surface area contributed by atoms with Crippen LogP contribution in [0, 0.1) is 0 Å². The van der Waals surface area contributed by atoms with Crippen LogP contribution in [0.5, 0.6) is 0 Å². The zero-order valence-corrected chi connectivity index (χ0v) is 8.43. The number of carbonyl (C=O) groups excluding carboxylic acids is 2. The minimum atomic E-state index is -0.969. The summed E-state index contributed by atoms with van der Waals surface area (Å²) in [5.74, 6) is -0.663. The van der Waals surface area contributed by atoms with Gasteiger partial charge in [0.05, 0.1) is 13.0 Å². The smallest absolute Gasteiger partial charge is 0.434 e. The van der Waals surface area contributed by atoms with Crippen LogP contribution in [0.1, 0.15) is 20.3 Å². The van der Waals surface area contributed by atoms with Crippen molar-refractivity contribution in [3.8, 4) is 0 Å². The van der Waals surface area contributed by atoms with Crippen LogP contribution in [0.15, 0.2) is 0 Å². The fourth-order valence-corrected chi connectivity index (χ4v) is 0.545. The number of ether oxygens (including phenoxy) is 2. The highest BCUT2D eigenvalue weighted by Gasteiger charge is 2.12. The lowest BCUT2D eigenvalue weighted by molar-refractivity contribution is -0.140. The average Bonchev–Trinajstić information content (AvgIpc) is 1.84. The third-order valence-corrected chi connectivity index (χ3v) is 0.948. The van der Waals surface area contributed by atoms with Gasteiger partial charge in [0.2, 0.25) is 0 Å². The molecule has 6 heteroatoms. The summed E-state index contributed by atoms with van der Waals surface area (Å²) in [4.78, 5) is 21.3. The molecular weight excluding hydrogens is 198 g/mol. The second kappa shape index (κ2) is 7.82. The Bertz CT molecular complexity index is 172. The van der Waals surface area contributed by atoms with E-state index < -0.39 is 12.1 Å². The van der Waals surface area contributed by atoms with Crippen LogP contribution in [0.3, 0.4) is 0 Å². The SMILES string of the molecule is CCOC(=O)OC(=O)CC(C)N.Cl. The second-order valence-electron chi connectivity index (χ2n) is 2.34. The Kier molecular flexibility index (Phi) is 8.84. The van der Waals surface area contributed by atoms with Crippen LogP contribution in [0.25, 0.3) is 0 Å². The third kappa shape index (κ3) is 9.10. The van der Waals surface area contributed by atoms with Crippen molar-refractivity contribution >= 4 is 24.5 Å². The number of nitrogens with two attached hydrogens (primary N) is 1. The van der Waals surface area contributed by atoms with E-state index in [0.717, 1.165) is 0 Å². The third-order valence-electron chi connectivity index (χ3n) is 0.948. The predicted molar refractivity (Wildman–Crippen MR) is 48.6 cm³/mol. The number of carbonyl (C=O) groups is 2. The Morgan fingerprint density at radius 2 is 2.00 bits per heavy atom. The van der Waals surface area contributed by atoms with Crippen molar-refractivity contribution in [3.63, 3.8) is 0 Å². The van der Waals surface area contributed by atoms with E-state index in [1.54, 1.807) is 13.8 Å². The molecule has 0 amide bonds. The van der Waals surface area contributed by atoms with Gasteiger partial charge in [-0.05, 0) is 13.8 Å². The number of hydrogen-bond donors (Lipinski definition) is 1. The monoisotopic (exact) mass is 211 g/mol. The van der Waals surface area contributed by atoms with Gasteiger partial charge in [-0.25, -0.2) is 4.79 Å². The molecule has 0 saturated heterocycles. The Balaban J connectivity index is 0. The van der Waals surface area contributed by atoms with Crippen molar-refractivity contribution in [2.24, 2.45) is 5.73 Å². The standard InChI is InChI=1S/C7H13NO4.ClH/c1-3-11-7(10)12-6(9)4-5(2)8;/h5H,3-4,8H2,1-2H3;1H. The first-order valence-electron chi connectivity index (χ1n) is 3.69. The molecule has 13 heavy (non-hydrogen) atoms. The van der Waals surface area contributed by atoms with Crippen molar-refractivity contribution in [1.29, 1.82) is 0 Å². The Morgan fingerprint density at radius 3 is 2.38 bits per heavy atom. The summed E-state index contributed by atoms with van der Waals surface area (Å²) in [6.45, 7) is 3.45. The van der Waals surface area contributed by atoms with Crippen molar-refractivity contribution in [2.45, 2.75) is 26.3 Å². The number of hydrogen-bond acceptors (Lipinski definition) is 5. The van der Waals surface area contributed by atoms with Crippen LogP contribution >= 0.6 is 12.4 Å². The molecule has 5 nitrogen and oxygen atoms in total. The molecular formula is C7H14ClNO4. The maximum absolute atomic E-state index is 10.7. The van der Waals surface area contributed by atoms with Gasteiger partial charge in [0.25, 0.3) is 0 Å². The van der Waals surface area contributed by atoms with Gasteiger partial charge >= 0.3 is 12.1 Å². The maximum Gasteiger partial charge on any atom is 0.516 e. The van der Waals surface area contributed by atoms with Crippen molar-refractivity contribution in [2.75, 3.05) is 6.61 Å².